The second-order valence-corrected chi connectivity index (χ2v) is 8.23. The van der Waals surface area contributed by atoms with E-state index in [1.165, 1.54) is 0 Å². The van der Waals surface area contributed by atoms with Crippen LogP contribution < -0.4 is 11.1 Å². The van der Waals surface area contributed by atoms with Gasteiger partial charge in [-0.15, -0.1) is 0 Å². The van der Waals surface area contributed by atoms with Gasteiger partial charge in [-0.25, -0.2) is 4.98 Å². The van der Waals surface area contributed by atoms with Crippen molar-refractivity contribution in [2.45, 2.75) is 18.9 Å². The van der Waals surface area contributed by atoms with Crippen molar-refractivity contribution in [3.8, 4) is 33.8 Å². The maximum absolute atomic E-state index is 11.9. The van der Waals surface area contributed by atoms with Gasteiger partial charge in [0.15, 0.2) is 0 Å². The van der Waals surface area contributed by atoms with Crippen LogP contribution in [0.25, 0.3) is 33.8 Å². The molecule has 5 rings (SSSR count). The molecule has 0 unspecified atom stereocenters. The number of nitrogens with one attached hydrogen (secondary N) is 1. The molecule has 0 aliphatic carbocycles. The standard InChI is InChI=1S/C25H25N7O2/c1-32-15-20(24(31-32)21-4-2-3-9-28-21)19-5-6-22(25(26)33)30-23(19)16-12-18(14-27-13-16)29-17-7-10-34-11-8-17/h2-6,9,12-15,17,29H,7-8,10-11H2,1H3,(H2,26,33). The lowest BCUT2D eigenvalue weighted by molar-refractivity contribution is 0.0904. The average Bonchev–Trinajstić information content (AvgIpc) is 3.26. The monoisotopic (exact) mass is 455 g/mol. The number of carbonyl (C=O) groups is 1. The molecular weight excluding hydrogens is 430 g/mol. The second-order valence-electron chi connectivity index (χ2n) is 8.23. The van der Waals surface area contributed by atoms with Crippen LogP contribution in [0.3, 0.4) is 0 Å². The number of nitrogens with two attached hydrogens (primary N) is 1. The van der Waals surface area contributed by atoms with E-state index in [1.807, 2.05) is 43.6 Å². The van der Waals surface area contributed by atoms with Crippen molar-refractivity contribution in [1.82, 2.24) is 24.7 Å². The van der Waals surface area contributed by atoms with Gasteiger partial charge in [-0.1, -0.05) is 6.07 Å². The summed E-state index contributed by atoms with van der Waals surface area (Å²) in [5, 5.41) is 8.18. The molecule has 1 aliphatic heterocycles. The first-order valence-electron chi connectivity index (χ1n) is 11.1. The van der Waals surface area contributed by atoms with Gasteiger partial charge in [-0.3, -0.25) is 19.4 Å². The number of hydrogen-bond acceptors (Lipinski definition) is 7. The van der Waals surface area contributed by atoms with Crippen molar-refractivity contribution in [3.05, 3.63) is 66.9 Å². The summed E-state index contributed by atoms with van der Waals surface area (Å²) in [5.41, 5.74) is 11.1. The number of aryl methyl sites for hydroxylation is 1. The predicted molar refractivity (Wildman–Crippen MR) is 129 cm³/mol. The van der Waals surface area contributed by atoms with Gasteiger partial charge in [0, 0.05) is 67.8 Å². The van der Waals surface area contributed by atoms with Gasteiger partial charge >= 0.3 is 0 Å². The number of rotatable bonds is 6. The Bertz CT molecular complexity index is 1310. The van der Waals surface area contributed by atoms with Crippen LogP contribution in [0.15, 0.2) is 61.2 Å². The summed E-state index contributed by atoms with van der Waals surface area (Å²) in [6.07, 6.45) is 9.06. The molecule has 0 atom stereocenters. The molecule has 34 heavy (non-hydrogen) atoms. The van der Waals surface area contributed by atoms with E-state index >= 15 is 0 Å². The van der Waals surface area contributed by atoms with Crippen LogP contribution in [0, 0.1) is 0 Å². The lowest BCUT2D eigenvalue weighted by Gasteiger charge is -2.24. The Kier molecular flexibility index (Phi) is 6.01. The minimum Gasteiger partial charge on any atom is -0.381 e. The van der Waals surface area contributed by atoms with Gasteiger partial charge in [0.2, 0.25) is 0 Å². The number of pyridine rings is 3. The Hall–Kier alpha value is -4.11. The Morgan fingerprint density at radius 2 is 1.97 bits per heavy atom. The quantitative estimate of drug-likeness (QED) is 0.458. The lowest BCUT2D eigenvalue weighted by Crippen LogP contribution is -2.27. The highest BCUT2D eigenvalue weighted by molar-refractivity contribution is 5.94. The molecule has 172 valence electrons. The van der Waals surface area contributed by atoms with Crippen LogP contribution in [-0.4, -0.2) is 49.9 Å². The third-order valence-corrected chi connectivity index (χ3v) is 5.78. The Balaban J connectivity index is 1.61. The van der Waals surface area contributed by atoms with Crippen LogP contribution in [0.1, 0.15) is 23.3 Å². The summed E-state index contributed by atoms with van der Waals surface area (Å²) in [6, 6.07) is 11.5. The summed E-state index contributed by atoms with van der Waals surface area (Å²) in [7, 11) is 1.86. The van der Waals surface area contributed by atoms with E-state index in [1.54, 1.807) is 29.3 Å². The molecule has 0 aromatic carbocycles. The first-order chi connectivity index (χ1) is 16.6. The molecule has 9 heteroatoms. The maximum atomic E-state index is 11.9. The predicted octanol–water partition coefficient (Wildman–Crippen LogP) is 3.30. The molecule has 9 nitrogen and oxygen atoms in total. The number of amides is 1. The smallest absolute Gasteiger partial charge is 0.267 e. The zero-order chi connectivity index (χ0) is 23.5. The van der Waals surface area contributed by atoms with Crippen LogP contribution in [0.5, 0.6) is 0 Å². The van der Waals surface area contributed by atoms with Crippen molar-refractivity contribution in [1.29, 1.82) is 0 Å². The molecule has 1 saturated heterocycles. The number of hydrogen-bond donors (Lipinski definition) is 2. The fourth-order valence-electron chi connectivity index (χ4n) is 4.14. The van der Waals surface area contributed by atoms with Crippen LogP contribution >= 0.6 is 0 Å². The number of nitrogens with zero attached hydrogens (tertiary/aromatic N) is 5. The molecule has 1 amide bonds. The van der Waals surface area contributed by atoms with Crippen molar-refractivity contribution < 1.29 is 9.53 Å². The molecule has 1 aliphatic rings. The first-order valence-corrected chi connectivity index (χ1v) is 11.1. The van der Waals surface area contributed by atoms with Crippen molar-refractivity contribution in [2.75, 3.05) is 18.5 Å². The minimum atomic E-state index is -0.589. The van der Waals surface area contributed by atoms with Crippen LogP contribution in [0.4, 0.5) is 5.69 Å². The maximum Gasteiger partial charge on any atom is 0.267 e. The Morgan fingerprint density at radius 1 is 1.12 bits per heavy atom. The summed E-state index contributed by atoms with van der Waals surface area (Å²) in [6.45, 7) is 1.49. The highest BCUT2D eigenvalue weighted by atomic mass is 16.5. The van der Waals surface area contributed by atoms with Crippen molar-refractivity contribution in [2.24, 2.45) is 12.8 Å². The molecule has 0 saturated carbocycles. The topological polar surface area (TPSA) is 121 Å². The largest absolute Gasteiger partial charge is 0.381 e. The molecule has 0 radical (unpaired) electrons. The van der Waals surface area contributed by atoms with Crippen LogP contribution in [-0.2, 0) is 11.8 Å². The fraction of sp³-hybridized carbons (Fsp3) is 0.240. The summed E-state index contributed by atoms with van der Waals surface area (Å²) in [5.74, 6) is -0.589. The van der Waals surface area contributed by atoms with Crippen molar-refractivity contribution >= 4 is 11.6 Å². The molecule has 4 aromatic rings. The van der Waals surface area contributed by atoms with Gasteiger partial charge in [-0.05, 0) is 43.2 Å². The zero-order valence-corrected chi connectivity index (χ0v) is 18.8. The molecule has 3 N–H and O–H groups in total. The lowest BCUT2D eigenvalue weighted by atomic mass is 9.98. The molecule has 0 bridgehead atoms. The van der Waals surface area contributed by atoms with E-state index in [9.17, 15) is 4.79 Å². The van der Waals surface area contributed by atoms with E-state index in [0.717, 1.165) is 59.8 Å². The highest BCUT2D eigenvalue weighted by Crippen LogP contribution is 2.36. The summed E-state index contributed by atoms with van der Waals surface area (Å²) >= 11 is 0. The minimum absolute atomic E-state index is 0.185. The first kappa shape index (κ1) is 21.7. The van der Waals surface area contributed by atoms with Gasteiger partial charge < -0.3 is 15.8 Å². The molecule has 0 spiro atoms. The fourth-order valence-corrected chi connectivity index (χ4v) is 4.14. The number of carbonyl (C=O) groups excluding carboxylic acids is 1. The number of anilines is 1. The number of primary amides is 1. The van der Waals surface area contributed by atoms with Crippen LogP contribution in [0.2, 0.25) is 0 Å². The Morgan fingerprint density at radius 3 is 2.74 bits per heavy atom. The van der Waals surface area contributed by atoms with Gasteiger partial charge in [0.05, 0.1) is 17.1 Å². The number of ether oxygens (including phenoxy) is 1. The van der Waals surface area contributed by atoms with E-state index in [4.69, 9.17) is 10.5 Å². The number of aromatic nitrogens is 5. The van der Waals surface area contributed by atoms with E-state index in [-0.39, 0.29) is 5.69 Å². The second kappa shape index (κ2) is 9.40. The molecule has 4 aromatic heterocycles. The van der Waals surface area contributed by atoms with Gasteiger partial charge in [0.25, 0.3) is 5.91 Å². The van der Waals surface area contributed by atoms with Gasteiger partial charge in [0.1, 0.15) is 11.4 Å². The van der Waals surface area contributed by atoms with E-state index in [2.05, 4.69) is 25.4 Å². The highest BCUT2D eigenvalue weighted by Gasteiger charge is 2.20. The summed E-state index contributed by atoms with van der Waals surface area (Å²) in [4.78, 5) is 25.5. The SMILES string of the molecule is Cn1cc(-c2ccc(C(N)=O)nc2-c2cncc(NC3CCOCC3)c2)c(-c2ccccn2)n1. The Labute approximate surface area is 197 Å². The molecule has 1 fully saturated rings. The normalized spacial score (nSPS) is 14.1. The molecule has 5 heterocycles. The zero-order valence-electron chi connectivity index (χ0n) is 18.8. The summed E-state index contributed by atoms with van der Waals surface area (Å²) < 4.78 is 7.20. The average molecular weight is 456 g/mol. The van der Waals surface area contributed by atoms with Crippen molar-refractivity contribution in [3.63, 3.8) is 0 Å². The van der Waals surface area contributed by atoms with E-state index < -0.39 is 5.91 Å². The third-order valence-electron chi connectivity index (χ3n) is 5.78. The third kappa shape index (κ3) is 4.51. The van der Waals surface area contributed by atoms with Gasteiger partial charge in [-0.2, -0.15) is 5.10 Å². The van der Waals surface area contributed by atoms with E-state index in [0.29, 0.717) is 11.7 Å². The molecular formula is C25H25N7O2.